The number of nitrogens with zero attached hydrogens (tertiary/aromatic N) is 1. The summed E-state index contributed by atoms with van der Waals surface area (Å²) in [7, 11) is 0. The molecule has 3 aliphatic rings. The van der Waals surface area contributed by atoms with Crippen molar-refractivity contribution in [1.82, 2.24) is 4.90 Å². The zero-order valence-electron chi connectivity index (χ0n) is 15.6. The highest BCUT2D eigenvalue weighted by atomic mass is 35.5. The van der Waals surface area contributed by atoms with Crippen molar-refractivity contribution in [3.63, 3.8) is 0 Å². The number of amides is 1. The largest absolute Gasteiger partial charge is 0.337 e. The van der Waals surface area contributed by atoms with Gasteiger partial charge in [0, 0.05) is 24.0 Å². The van der Waals surface area contributed by atoms with E-state index in [4.69, 9.17) is 5.73 Å². The third-order valence-electron chi connectivity index (χ3n) is 6.72. The van der Waals surface area contributed by atoms with Gasteiger partial charge in [-0.25, -0.2) is 0 Å². The molecule has 25 heavy (non-hydrogen) atoms. The van der Waals surface area contributed by atoms with Crippen LogP contribution < -0.4 is 5.73 Å². The predicted molar refractivity (Wildman–Crippen MR) is 107 cm³/mol. The standard InChI is InChI=1S/C20H30N2OS.ClH/c1-20(2,3)14-5-7-17-13(8-14)9-18(24-17)19(23)22-10-12-4-6-16(21)15(12)11-22;/h9,12,14-16H,4-8,10-11,21H2,1-3H3;1H. The van der Waals surface area contributed by atoms with E-state index < -0.39 is 0 Å². The Morgan fingerprint density at radius 1 is 1.24 bits per heavy atom. The molecule has 4 unspecified atom stereocenters. The highest BCUT2D eigenvalue weighted by Gasteiger charge is 2.43. The lowest BCUT2D eigenvalue weighted by molar-refractivity contribution is 0.0784. The minimum Gasteiger partial charge on any atom is -0.337 e. The molecule has 4 atom stereocenters. The second-order valence-electron chi connectivity index (χ2n) is 9.24. The number of halogens is 1. The number of fused-ring (bicyclic) bond motifs is 2. The van der Waals surface area contributed by atoms with E-state index in [1.807, 2.05) is 0 Å². The molecule has 0 spiro atoms. The van der Waals surface area contributed by atoms with Crippen molar-refractivity contribution in [2.75, 3.05) is 13.1 Å². The molecule has 0 bridgehead atoms. The molecule has 1 aliphatic heterocycles. The molecule has 1 aromatic heterocycles. The first-order valence-electron chi connectivity index (χ1n) is 9.49. The van der Waals surface area contributed by atoms with Gasteiger partial charge in [-0.2, -0.15) is 0 Å². The smallest absolute Gasteiger partial charge is 0.263 e. The first kappa shape index (κ1) is 19.2. The Kier molecular flexibility index (Phi) is 5.27. The Morgan fingerprint density at radius 2 is 2.00 bits per heavy atom. The van der Waals surface area contributed by atoms with Crippen molar-refractivity contribution in [3.8, 4) is 0 Å². The number of carbonyl (C=O) groups is 1. The SMILES string of the molecule is CC(C)(C)C1CCc2sc(C(=O)N3CC4CCC(N)C4C3)cc2C1.Cl. The monoisotopic (exact) mass is 382 g/mol. The zero-order chi connectivity index (χ0) is 17.1. The average Bonchev–Trinajstić information content (AvgIpc) is 3.20. The van der Waals surface area contributed by atoms with Crippen molar-refractivity contribution >= 4 is 29.7 Å². The number of carbonyl (C=O) groups excluding carboxylic acids is 1. The van der Waals surface area contributed by atoms with Crippen molar-refractivity contribution in [2.24, 2.45) is 28.9 Å². The summed E-state index contributed by atoms with van der Waals surface area (Å²) in [5.41, 5.74) is 8.01. The van der Waals surface area contributed by atoms with Gasteiger partial charge in [0.1, 0.15) is 0 Å². The van der Waals surface area contributed by atoms with Gasteiger partial charge in [0.05, 0.1) is 4.88 Å². The highest BCUT2D eigenvalue weighted by Crippen LogP contribution is 2.41. The molecule has 0 radical (unpaired) electrons. The molecule has 140 valence electrons. The third-order valence-corrected chi connectivity index (χ3v) is 7.94. The molecule has 3 nitrogen and oxygen atoms in total. The van der Waals surface area contributed by atoms with Crippen molar-refractivity contribution in [2.45, 2.75) is 58.9 Å². The fourth-order valence-corrected chi connectivity index (χ4v) is 6.17. The lowest BCUT2D eigenvalue weighted by atomic mass is 9.72. The number of hydrogen-bond acceptors (Lipinski definition) is 3. The molecule has 5 heteroatoms. The Balaban J connectivity index is 0.00000182. The van der Waals surface area contributed by atoms with Crippen LogP contribution in [0.3, 0.4) is 0 Å². The van der Waals surface area contributed by atoms with Crippen LogP contribution in [0, 0.1) is 23.2 Å². The quantitative estimate of drug-likeness (QED) is 0.793. The molecular formula is C20H31ClN2OS. The van der Waals surface area contributed by atoms with E-state index >= 15 is 0 Å². The van der Waals surface area contributed by atoms with E-state index in [1.54, 1.807) is 11.3 Å². The van der Waals surface area contributed by atoms with Crippen LogP contribution in [0.2, 0.25) is 0 Å². The molecule has 1 aromatic rings. The van der Waals surface area contributed by atoms with E-state index in [-0.39, 0.29) is 18.3 Å². The first-order valence-corrected chi connectivity index (χ1v) is 10.3. The van der Waals surface area contributed by atoms with Gasteiger partial charge in [-0.05, 0) is 66.9 Å². The summed E-state index contributed by atoms with van der Waals surface area (Å²) in [6, 6.07) is 2.51. The average molecular weight is 383 g/mol. The molecule has 1 amide bonds. The van der Waals surface area contributed by atoms with E-state index in [1.165, 1.54) is 23.3 Å². The van der Waals surface area contributed by atoms with Crippen LogP contribution in [0.15, 0.2) is 6.07 Å². The van der Waals surface area contributed by atoms with Gasteiger partial charge in [-0.15, -0.1) is 23.7 Å². The van der Waals surface area contributed by atoms with E-state index in [2.05, 4.69) is 31.7 Å². The third kappa shape index (κ3) is 3.50. The molecule has 2 aliphatic carbocycles. The number of nitrogens with two attached hydrogens (primary N) is 1. The summed E-state index contributed by atoms with van der Waals surface area (Å²) in [6.45, 7) is 8.82. The Bertz CT molecular complexity index is 651. The number of hydrogen-bond donors (Lipinski definition) is 1. The van der Waals surface area contributed by atoms with Crippen LogP contribution in [0.4, 0.5) is 0 Å². The van der Waals surface area contributed by atoms with E-state index in [0.29, 0.717) is 23.3 Å². The van der Waals surface area contributed by atoms with Crippen LogP contribution >= 0.6 is 23.7 Å². The molecule has 2 N–H and O–H groups in total. The second kappa shape index (κ2) is 6.86. The van der Waals surface area contributed by atoms with Crippen molar-refractivity contribution in [3.05, 3.63) is 21.4 Å². The maximum atomic E-state index is 13.0. The normalized spacial score (nSPS) is 31.4. The first-order chi connectivity index (χ1) is 11.3. The lowest BCUT2D eigenvalue weighted by Crippen LogP contribution is -2.33. The van der Waals surface area contributed by atoms with Crippen LogP contribution in [0.1, 0.15) is 60.1 Å². The summed E-state index contributed by atoms with van der Waals surface area (Å²) in [5.74, 6) is 2.16. The molecule has 2 fully saturated rings. The maximum absolute atomic E-state index is 13.0. The van der Waals surface area contributed by atoms with Crippen molar-refractivity contribution < 1.29 is 4.79 Å². The lowest BCUT2D eigenvalue weighted by Gasteiger charge is -2.33. The zero-order valence-corrected chi connectivity index (χ0v) is 17.2. The van der Waals surface area contributed by atoms with E-state index in [0.717, 1.165) is 43.1 Å². The topological polar surface area (TPSA) is 46.3 Å². The highest BCUT2D eigenvalue weighted by molar-refractivity contribution is 7.14. The fraction of sp³-hybridized carbons (Fsp3) is 0.750. The summed E-state index contributed by atoms with van der Waals surface area (Å²) in [4.78, 5) is 17.5. The molecule has 1 saturated carbocycles. The van der Waals surface area contributed by atoms with Crippen LogP contribution in [0.5, 0.6) is 0 Å². The number of rotatable bonds is 1. The van der Waals surface area contributed by atoms with Crippen LogP contribution in [0.25, 0.3) is 0 Å². The van der Waals surface area contributed by atoms with Gasteiger partial charge in [0.15, 0.2) is 0 Å². The van der Waals surface area contributed by atoms with Gasteiger partial charge in [-0.3, -0.25) is 4.79 Å². The Hall–Kier alpha value is -0.580. The van der Waals surface area contributed by atoms with Gasteiger partial charge in [-0.1, -0.05) is 20.8 Å². The minimum atomic E-state index is 0. The van der Waals surface area contributed by atoms with Crippen molar-refractivity contribution in [1.29, 1.82) is 0 Å². The summed E-state index contributed by atoms with van der Waals surface area (Å²) < 4.78 is 0. The fourth-order valence-electron chi connectivity index (χ4n) is 5.00. The molecule has 2 heterocycles. The number of likely N-dealkylation sites (tertiary alicyclic amines) is 1. The summed E-state index contributed by atoms with van der Waals surface area (Å²) >= 11 is 1.75. The molecular weight excluding hydrogens is 352 g/mol. The molecule has 4 rings (SSSR count). The number of aryl methyl sites for hydroxylation is 1. The summed E-state index contributed by atoms with van der Waals surface area (Å²) in [6.07, 6.45) is 5.88. The summed E-state index contributed by atoms with van der Waals surface area (Å²) in [5, 5.41) is 0. The van der Waals surface area contributed by atoms with Gasteiger partial charge >= 0.3 is 0 Å². The van der Waals surface area contributed by atoms with Crippen LogP contribution in [-0.4, -0.2) is 29.9 Å². The number of thiophene rings is 1. The maximum Gasteiger partial charge on any atom is 0.263 e. The van der Waals surface area contributed by atoms with E-state index in [9.17, 15) is 4.79 Å². The van der Waals surface area contributed by atoms with Gasteiger partial charge in [0.25, 0.3) is 5.91 Å². The predicted octanol–water partition coefficient (Wildman–Crippen LogP) is 4.13. The minimum absolute atomic E-state index is 0. The Labute approximate surface area is 161 Å². The second-order valence-corrected chi connectivity index (χ2v) is 10.4. The van der Waals surface area contributed by atoms with Crippen LogP contribution in [-0.2, 0) is 12.8 Å². The van der Waals surface area contributed by atoms with Gasteiger partial charge in [0.2, 0.25) is 0 Å². The Morgan fingerprint density at radius 3 is 2.68 bits per heavy atom. The molecule has 1 saturated heterocycles. The molecule has 0 aromatic carbocycles. The van der Waals surface area contributed by atoms with Gasteiger partial charge < -0.3 is 10.6 Å².